The highest BCUT2D eigenvalue weighted by Crippen LogP contribution is 2.44. The number of anilines is 1. The van der Waals surface area contributed by atoms with Gasteiger partial charge in [0.1, 0.15) is 5.75 Å². The van der Waals surface area contributed by atoms with Gasteiger partial charge in [0.15, 0.2) is 5.78 Å². The summed E-state index contributed by atoms with van der Waals surface area (Å²) in [5.74, 6) is -0.853. The first-order valence-corrected chi connectivity index (χ1v) is 8.57. The zero-order valence-electron chi connectivity index (χ0n) is 14.6. The third-order valence-corrected chi connectivity index (χ3v) is 4.54. The van der Waals surface area contributed by atoms with Crippen LogP contribution in [0.2, 0.25) is 0 Å². The molecule has 4 rings (SSSR count). The molecular weight excluding hydrogens is 342 g/mol. The number of hydrogen-bond acceptors (Lipinski definition) is 6. The number of carbonyl (C=O) groups excluding carboxylic acids is 2. The van der Waals surface area contributed by atoms with E-state index >= 15 is 0 Å². The second kappa shape index (κ2) is 6.99. The molecule has 1 N–H and O–H groups in total. The Bertz CT molecular complexity index is 990. The number of aromatic nitrogens is 2. The number of esters is 1. The molecule has 0 saturated heterocycles. The molecule has 0 spiro atoms. The van der Waals surface area contributed by atoms with Crippen LogP contribution in [0.3, 0.4) is 0 Å². The van der Waals surface area contributed by atoms with Gasteiger partial charge in [-0.3, -0.25) is 19.6 Å². The number of fused-ring (bicyclic) bond motifs is 1. The predicted octanol–water partition coefficient (Wildman–Crippen LogP) is 3.54. The van der Waals surface area contributed by atoms with Crippen molar-refractivity contribution in [1.82, 2.24) is 9.97 Å². The van der Waals surface area contributed by atoms with Crippen molar-refractivity contribution in [2.75, 3.05) is 5.32 Å². The molecule has 1 aliphatic rings. The largest absolute Gasteiger partial charge is 0.426 e. The molecule has 1 aliphatic heterocycles. The number of benzene rings is 1. The van der Waals surface area contributed by atoms with Crippen molar-refractivity contribution in [2.24, 2.45) is 0 Å². The smallest absolute Gasteiger partial charge is 0.308 e. The van der Waals surface area contributed by atoms with E-state index in [4.69, 9.17) is 4.74 Å². The zero-order chi connectivity index (χ0) is 18.8. The van der Waals surface area contributed by atoms with Crippen LogP contribution in [-0.4, -0.2) is 21.7 Å². The van der Waals surface area contributed by atoms with Crippen LogP contribution in [0.15, 0.2) is 67.3 Å². The summed E-state index contributed by atoms with van der Waals surface area (Å²) in [4.78, 5) is 33.4. The van der Waals surface area contributed by atoms with Gasteiger partial charge >= 0.3 is 5.97 Å². The van der Waals surface area contributed by atoms with Gasteiger partial charge in [-0.25, -0.2) is 0 Å². The quantitative estimate of drug-likeness (QED) is 0.569. The molecule has 2 atom stereocenters. The normalized spacial score (nSPS) is 18.3. The van der Waals surface area contributed by atoms with Gasteiger partial charge in [0.05, 0.1) is 17.5 Å². The van der Waals surface area contributed by atoms with Gasteiger partial charge < -0.3 is 10.1 Å². The van der Waals surface area contributed by atoms with Gasteiger partial charge in [-0.05, 0) is 35.4 Å². The minimum atomic E-state index is -0.521. The van der Waals surface area contributed by atoms with Crippen LogP contribution in [0.25, 0.3) is 0 Å². The Balaban J connectivity index is 1.87. The highest BCUT2D eigenvalue weighted by atomic mass is 16.5. The van der Waals surface area contributed by atoms with Gasteiger partial charge in [-0.1, -0.05) is 18.2 Å². The molecule has 2 aromatic heterocycles. The SMILES string of the molecule is CC(=O)Oc1cccc2c1C(=O)C(c1cccnc1)C(c1cccnc1)N2. The van der Waals surface area contributed by atoms with E-state index in [-0.39, 0.29) is 17.6 Å². The van der Waals surface area contributed by atoms with Crippen LogP contribution in [-0.2, 0) is 4.79 Å². The van der Waals surface area contributed by atoms with E-state index < -0.39 is 11.9 Å². The second-order valence-electron chi connectivity index (χ2n) is 6.31. The summed E-state index contributed by atoms with van der Waals surface area (Å²) in [5, 5.41) is 3.43. The van der Waals surface area contributed by atoms with Gasteiger partial charge in [-0.15, -0.1) is 0 Å². The molecule has 134 valence electrons. The van der Waals surface area contributed by atoms with E-state index in [9.17, 15) is 9.59 Å². The lowest BCUT2D eigenvalue weighted by atomic mass is 9.79. The number of pyridine rings is 2. The lowest BCUT2D eigenvalue weighted by Gasteiger charge is -2.34. The molecule has 0 bridgehead atoms. The van der Waals surface area contributed by atoms with Crippen molar-refractivity contribution in [1.29, 1.82) is 0 Å². The molecular formula is C21H17N3O3. The first kappa shape index (κ1) is 16.9. The highest BCUT2D eigenvalue weighted by molar-refractivity contribution is 6.10. The standard InChI is InChI=1S/C21H17N3O3/c1-13(25)27-17-8-2-7-16-19(17)21(26)18(14-5-3-9-22-11-14)20(24-16)15-6-4-10-23-12-15/h2-12,18,20,24H,1H3. The maximum absolute atomic E-state index is 13.5. The monoisotopic (exact) mass is 359 g/mol. The lowest BCUT2D eigenvalue weighted by molar-refractivity contribution is -0.131. The lowest BCUT2D eigenvalue weighted by Crippen LogP contribution is -2.32. The molecule has 3 heterocycles. The Hall–Kier alpha value is -3.54. The minimum absolute atomic E-state index is 0.123. The number of ketones is 1. The third-order valence-electron chi connectivity index (χ3n) is 4.54. The van der Waals surface area contributed by atoms with Crippen molar-refractivity contribution in [3.63, 3.8) is 0 Å². The maximum atomic E-state index is 13.5. The summed E-state index contributed by atoms with van der Waals surface area (Å²) in [6.45, 7) is 1.32. The highest BCUT2D eigenvalue weighted by Gasteiger charge is 2.39. The van der Waals surface area contributed by atoms with Crippen LogP contribution in [0.4, 0.5) is 5.69 Å². The molecule has 27 heavy (non-hydrogen) atoms. The molecule has 2 unspecified atom stereocenters. The topological polar surface area (TPSA) is 81.2 Å². The fourth-order valence-corrected chi connectivity index (χ4v) is 3.44. The molecule has 3 aromatic rings. The number of hydrogen-bond donors (Lipinski definition) is 1. The number of nitrogens with zero attached hydrogens (tertiary/aromatic N) is 2. The molecule has 6 heteroatoms. The molecule has 0 radical (unpaired) electrons. The van der Waals surface area contributed by atoms with E-state index in [1.807, 2.05) is 24.3 Å². The van der Waals surface area contributed by atoms with E-state index in [1.54, 1.807) is 43.0 Å². The van der Waals surface area contributed by atoms with Crippen molar-refractivity contribution in [2.45, 2.75) is 18.9 Å². The van der Waals surface area contributed by atoms with Gasteiger partial charge in [0.25, 0.3) is 0 Å². The van der Waals surface area contributed by atoms with E-state index in [1.165, 1.54) is 6.92 Å². The Labute approximate surface area is 156 Å². The van der Waals surface area contributed by atoms with Crippen LogP contribution >= 0.6 is 0 Å². The number of rotatable bonds is 3. The first-order chi connectivity index (χ1) is 13.1. The van der Waals surface area contributed by atoms with Crippen LogP contribution in [0.5, 0.6) is 5.75 Å². The average Bonchev–Trinajstić information content (AvgIpc) is 2.68. The number of ether oxygens (including phenoxy) is 1. The summed E-state index contributed by atoms with van der Waals surface area (Å²) >= 11 is 0. The Morgan fingerprint density at radius 2 is 1.70 bits per heavy atom. The maximum Gasteiger partial charge on any atom is 0.308 e. The van der Waals surface area contributed by atoms with Crippen LogP contribution in [0.1, 0.15) is 40.4 Å². The fourth-order valence-electron chi connectivity index (χ4n) is 3.44. The number of Topliss-reactive ketones (excluding diaryl/α,β-unsaturated/α-hetero) is 1. The van der Waals surface area contributed by atoms with Crippen LogP contribution < -0.4 is 10.1 Å². The fraction of sp³-hybridized carbons (Fsp3) is 0.143. The summed E-state index contributed by atoms with van der Waals surface area (Å²) in [6, 6.07) is 12.3. The van der Waals surface area contributed by atoms with Crippen molar-refractivity contribution in [3.8, 4) is 5.75 Å². The van der Waals surface area contributed by atoms with Crippen molar-refractivity contribution in [3.05, 3.63) is 83.9 Å². The molecule has 1 aromatic carbocycles. The molecule has 6 nitrogen and oxygen atoms in total. The predicted molar refractivity (Wildman–Crippen MR) is 99.7 cm³/mol. The summed E-state index contributed by atoms with van der Waals surface area (Å²) in [6.07, 6.45) is 6.80. The van der Waals surface area contributed by atoms with Gasteiger partial charge in [0, 0.05) is 37.4 Å². The van der Waals surface area contributed by atoms with E-state index in [0.29, 0.717) is 11.3 Å². The summed E-state index contributed by atoms with van der Waals surface area (Å²) < 4.78 is 5.28. The molecule has 0 fully saturated rings. The van der Waals surface area contributed by atoms with Crippen LogP contribution in [0, 0.1) is 0 Å². The van der Waals surface area contributed by atoms with Gasteiger partial charge in [0.2, 0.25) is 0 Å². The van der Waals surface area contributed by atoms with Gasteiger partial charge in [-0.2, -0.15) is 0 Å². The van der Waals surface area contributed by atoms with Crippen molar-refractivity contribution >= 4 is 17.4 Å². The molecule has 0 amide bonds. The number of carbonyl (C=O) groups is 2. The Morgan fingerprint density at radius 3 is 2.33 bits per heavy atom. The minimum Gasteiger partial charge on any atom is -0.426 e. The third kappa shape index (κ3) is 3.17. The Kier molecular flexibility index (Phi) is 4.38. The average molecular weight is 359 g/mol. The molecule has 0 aliphatic carbocycles. The summed E-state index contributed by atoms with van der Waals surface area (Å²) in [7, 11) is 0. The number of nitrogens with one attached hydrogen (secondary N) is 1. The first-order valence-electron chi connectivity index (χ1n) is 8.57. The van der Waals surface area contributed by atoms with E-state index in [0.717, 1.165) is 11.1 Å². The second-order valence-corrected chi connectivity index (χ2v) is 6.31. The summed E-state index contributed by atoms with van der Waals surface area (Å²) in [5.41, 5.74) is 2.69. The zero-order valence-corrected chi connectivity index (χ0v) is 14.6. The molecule has 0 saturated carbocycles. The van der Waals surface area contributed by atoms with Crippen molar-refractivity contribution < 1.29 is 14.3 Å². The Morgan fingerprint density at radius 1 is 1.00 bits per heavy atom. The van der Waals surface area contributed by atoms with E-state index in [2.05, 4.69) is 15.3 Å².